The third kappa shape index (κ3) is 3.37. The summed E-state index contributed by atoms with van der Waals surface area (Å²) in [5.41, 5.74) is 9.70. The summed E-state index contributed by atoms with van der Waals surface area (Å²) in [5, 5.41) is 8.89. The van der Waals surface area contributed by atoms with Crippen molar-refractivity contribution in [3.8, 4) is 11.8 Å². The van der Waals surface area contributed by atoms with Gasteiger partial charge >= 0.3 is 0 Å². The van der Waals surface area contributed by atoms with Crippen molar-refractivity contribution < 1.29 is 4.74 Å². The van der Waals surface area contributed by atoms with Crippen molar-refractivity contribution in [3.63, 3.8) is 0 Å². The Morgan fingerprint density at radius 1 is 1.25 bits per heavy atom. The molecule has 102 valence electrons. The number of aryl methyl sites for hydroxylation is 1. The molecule has 0 aliphatic heterocycles. The second-order valence-corrected chi connectivity index (χ2v) is 4.93. The van der Waals surface area contributed by atoms with Gasteiger partial charge in [0, 0.05) is 11.6 Å². The molecule has 3 heteroatoms. The third-order valence-electron chi connectivity index (χ3n) is 3.11. The summed E-state index contributed by atoms with van der Waals surface area (Å²) in [6.45, 7) is 4.39. The van der Waals surface area contributed by atoms with E-state index in [1.54, 1.807) is 6.07 Å². The van der Waals surface area contributed by atoms with Crippen molar-refractivity contribution in [1.82, 2.24) is 0 Å². The maximum atomic E-state index is 8.89. The van der Waals surface area contributed by atoms with Gasteiger partial charge in [-0.3, -0.25) is 0 Å². The number of rotatable bonds is 4. The quantitative estimate of drug-likeness (QED) is 0.921. The first kappa shape index (κ1) is 14.1. The normalized spacial score (nSPS) is 11.7. The lowest BCUT2D eigenvalue weighted by molar-refractivity contribution is 0.301. The minimum Gasteiger partial charge on any atom is -0.489 e. The summed E-state index contributed by atoms with van der Waals surface area (Å²) >= 11 is 0. The van der Waals surface area contributed by atoms with Crippen LogP contribution in [0.1, 0.15) is 35.2 Å². The summed E-state index contributed by atoms with van der Waals surface area (Å²) in [4.78, 5) is 0. The minimum atomic E-state index is -0.0731. The van der Waals surface area contributed by atoms with Crippen LogP contribution in [0.25, 0.3) is 0 Å². The molecule has 0 saturated heterocycles. The standard InChI is InChI=1S/C17H18N2O/c1-12-6-7-16(13(2)19)17(8-12)20-11-15-5-3-4-14(9-15)10-18/h3-9,13H,11,19H2,1-2H3/t13-/m0/s1. The van der Waals surface area contributed by atoms with Crippen LogP contribution in [0.4, 0.5) is 0 Å². The van der Waals surface area contributed by atoms with Crippen LogP contribution < -0.4 is 10.5 Å². The van der Waals surface area contributed by atoms with Gasteiger partial charge in [-0.15, -0.1) is 0 Å². The number of hydrogen-bond donors (Lipinski definition) is 1. The maximum Gasteiger partial charge on any atom is 0.124 e. The van der Waals surface area contributed by atoms with Gasteiger partial charge in [-0.2, -0.15) is 5.26 Å². The number of nitriles is 1. The largest absolute Gasteiger partial charge is 0.489 e. The molecule has 1 atom stereocenters. The Hall–Kier alpha value is -2.31. The lowest BCUT2D eigenvalue weighted by atomic mass is 10.1. The number of benzene rings is 2. The highest BCUT2D eigenvalue weighted by molar-refractivity contribution is 5.39. The monoisotopic (exact) mass is 266 g/mol. The molecule has 0 unspecified atom stereocenters. The van der Waals surface area contributed by atoms with E-state index >= 15 is 0 Å². The van der Waals surface area contributed by atoms with Crippen molar-refractivity contribution in [3.05, 3.63) is 64.7 Å². The van der Waals surface area contributed by atoms with Gasteiger partial charge in [0.1, 0.15) is 12.4 Å². The molecule has 0 amide bonds. The highest BCUT2D eigenvalue weighted by Crippen LogP contribution is 2.26. The number of hydrogen-bond acceptors (Lipinski definition) is 3. The average Bonchev–Trinajstić information content (AvgIpc) is 2.45. The van der Waals surface area contributed by atoms with E-state index in [1.807, 2.05) is 50.2 Å². The molecule has 0 bridgehead atoms. The molecule has 0 aliphatic carbocycles. The van der Waals surface area contributed by atoms with Crippen LogP contribution in [0.15, 0.2) is 42.5 Å². The van der Waals surface area contributed by atoms with Crippen LogP contribution in [-0.4, -0.2) is 0 Å². The third-order valence-corrected chi connectivity index (χ3v) is 3.11. The van der Waals surface area contributed by atoms with Gasteiger partial charge in [0.25, 0.3) is 0 Å². The molecule has 0 heterocycles. The van der Waals surface area contributed by atoms with Gasteiger partial charge in [-0.05, 0) is 43.2 Å². The molecular weight excluding hydrogens is 248 g/mol. The summed E-state index contributed by atoms with van der Waals surface area (Å²) < 4.78 is 5.88. The Bertz CT molecular complexity index is 642. The first-order valence-electron chi connectivity index (χ1n) is 6.58. The predicted octanol–water partition coefficient (Wildman–Crippen LogP) is 3.47. The molecule has 2 N–H and O–H groups in total. The average molecular weight is 266 g/mol. The van der Waals surface area contributed by atoms with E-state index in [1.165, 1.54) is 0 Å². The van der Waals surface area contributed by atoms with Crippen LogP contribution in [0.5, 0.6) is 5.75 Å². The molecule has 0 fully saturated rings. The topological polar surface area (TPSA) is 59.0 Å². The van der Waals surface area contributed by atoms with E-state index in [0.29, 0.717) is 12.2 Å². The molecule has 0 spiro atoms. The predicted molar refractivity (Wildman–Crippen MR) is 79.3 cm³/mol. The van der Waals surface area contributed by atoms with Crippen molar-refractivity contribution in [2.75, 3.05) is 0 Å². The molecule has 0 radical (unpaired) electrons. The van der Waals surface area contributed by atoms with E-state index in [-0.39, 0.29) is 6.04 Å². The van der Waals surface area contributed by atoms with Gasteiger partial charge in [0.15, 0.2) is 0 Å². The zero-order chi connectivity index (χ0) is 14.5. The van der Waals surface area contributed by atoms with E-state index in [2.05, 4.69) is 6.07 Å². The molecule has 0 aromatic heterocycles. The molecule has 2 aromatic rings. The molecule has 2 aromatic carbocycles. The summed E-state index contributed by atoms with van der Waals surface area (Å²) in [5.74, 6) is 0.808. The second-order valence-electron chi connectivity index (χ2n) is 4.93. The first-order chi connectivity index (χ1) is 9.60. The van der Waals surface area contributed by atoms with Crippen LogP contribution in [0.2, 0.25) is 0 Å². The van der Waals surface area contributed by atoms with Gasteiger partial charge in [-0.1, -0.05) is 24.3 Å². The number of nitrogens with two attached hydrogens (primary N) is 1. The lowest BCUT2D eigenvalue weighted by Gasteiger charge is -2.15. The summed E-state index contributed by atoms with van der Waals surface area (Å²) in [6, 6.07) is 15.5. The first-order valence-corrected chi connectivity index (χ1v) is 6.58. The molecule has 0 aliphatic rings. The second kappa shape index (κ2) is 6.23. The van der Waals surface area contributed by atoms with Gasteiger partial charge in [-0.25, -0.2) is 0 Å². The molecular formula is C17H18N2O. The zero-order valence-electron chi connectivity index (χ0n) is 11.8. The van der Waals surface area contributed by atoms with Crippen LogP contribution >= 0.6 is 0 Å². The Balaban J connectivity index is 2.18. The van der Waals surface area contributed by atoms with Crippen LogP contribution in [0, 0.1) is 18.3 Å². The van der Waals surface area contributed by atoms with Gasteiger partial charge in [0.05, 0.1) is 11.6 Å². The maximum absolute atomic E-state index is 8.89. The Labute approximate surface area is 119 Å². The minimum absolute atomic E-state index is 0.0731. The smallest absolute Gasteiger partial charge is 0.124 e. The zero-order valence-corrected chi connectivity index (χ0v) is 11.8. The number of ether oxygens (including phenoxy) is 1. The molecule has 2 rings (SSSR count). The highest BCUT2D eigenvalue weighted by atomic mass is 16.5. The van der Waals surface area contributed by atoms with Gasteiger partial charge < -0.3 is 10.5 Å². The number of nitrogens with zero attached hydrogens (tertiary/aromatic N) is 1. The van der Waals surface area contributed by atoms with Crippen molar-refractivity contribution in [2.45, 2.75) is 26.5 Å². The summed E-state index contributed by atoms with van der Waals surface area (Å²) in [7, 11) is 0. The fourth-order valence-electron chi connectivity index (χ4n) is 2.03. The van der Waals surface area contributed by atoms with Crippen LogP contribution in [0.3, 0.4) is 0 Å². The van der Waals surface area contributed by atoms with E-state index in [9.17, 15) is 0 Å². The lowest BCUT2D eigenvalue weighted by Crippen LogP contribution is -2.08. The SMILES string of the molecule is Cc1ccc([C@H](C)N)c(OCc2cccc(C#N)c2)c1. The molecule has 3 nitrogen and oxygen atoms in total. The molecule has 20 heavy (non-hydrogen) atoms. The highest BCUT2D eigenvalue weighted by Gasteiger charge is 2.08. The summed E-state index contributed by atoms with van der Waals surface area (Å²) in [6.07, 6.45) is 0. The van der Waals surface area contributed by atoms with E-state index in [0.717, 1.165) is 22.4 Å². The Kier molecular flexibility index (Phi) is 4.39. The molecule has 0 saturated carbocycles. The van der Waals surface area contributed by atoms with Crippen molar-refractivity contribution in [2.24, 2.45) is 5.73 Å². The fraction of sp³-hybridized carbons (Fsp3) is 0.235. The van der Waals surface area contributed by atoms with Crippen molar-refractivity contribution >= 4 is 0 Å². The van der Waals surface area contributed by atoms with Crippen LogP contribution in [-0.2, 0) is 6.61 Å². The van der Waals surface area contributed by atoms with E-state index < -0.39 is 0 Å². The van der Waals surface area contributed by atoms with Crippen molar-refractivity contribution in [1.29, 1.82) is 5.26 Å². The van der Waals surface area contributed by atoms with Gasteiger partial charge in [0.2, 0.25) is 0 Å². The fourth-order valence-corrected chi connectivity index (χ4v) is 2.03. The Morgan fingerprint density at radius 2 is 2.05 bits per heavy atom. The van der Waals surface area contributed by atoms with E-state index in [4.69, 9.17) is 15.7 Å². The Morgan fingerprint density at radius 3 is 2.75 bits per heavy atom.